The van der Waals surface area contributed by atoms with Gasteiger partial charge in [0.05, 0.1) is 0 Å². The lowest BCUT2D eigenvalue weighted by Crippen LogP contribution is -1.93. The molecule has 0 heterocycles. The van der Waals surface area contributed by atoms with Gasteiger partial charge in [0.25, 0.3) is 0 Å². The van der Waals surface area contributed by atoms with Crippen molar-refractivity contribution < 1.29 is 14.3 Å². The van der Waals surface area contributed by atoms with Gasteiger partial charge in [-0.25, -0.2) is 0 Å². The standard InChI is InChI=1S/C15H25O3P/c1-2-3-4-5-6-7-8-11-14-12-9-10-13-15(14)18-19(16)17/h9-10,12-13,16-17H,2-8,11H2,1H3. The van der Waals surface area contributed by atoms with Crippen LogP contribution in [0.1, 0.15) is 57.4 Å². The van der Waals surface area contributed by atoms with Crippen LogP contribution in [0.2, 0.25) is 0 Å². The first-order chi connectivity index (χ1) is 9.24. The molecule has 0 aromatic heterocycles. The van der Waals surface area contributed by atoms with Crippen LogP contribution >= 0.6 is 8.60 Å². The van der Waals surface area contributed by atoms with Gasteiger partial charge in [-0.2, -0.15) is 0 Å². The highest BCUT2D eigenvalue weighted by Crippen LogP contribution is 2.32. The number of hydrogen-bond acceptors (Lipinski definition) is 3. The third-order valence-corrected chi connectivity index (χ3v) is 3.56. The van der Waals surface area contributed by atoms with Crippen LogP contribution in [0.3, 0.4) is 0 Å². The number of aryl methyl sites for hydroxylation is 1. The fourth-order valence-corrected chi connectivity index (χ4v) is 2.51. The van der Waals surface area contributed by atoms with Gasteiger partial charge >= 0.3 is 8.60 Å². The second-order valence-corrected chi connectivity index (χ2v) is 5.51. The molecule has 3 nitrogen and oxygen atoms in total. The molecule has 108 valence electrons. The monoisotopic (exact) mass is 284 g/mol. The van der Waals surface area contributed by atoms with E-state index in [4.69, 9.17) is 14.3 Å². The van der Waals surface area contributed by atoms with Gasteiger partial charge in [-0.3, -0.25) is 0 Å². The molecule has 0 aliphatic heterocycles. The van der Waals surface area contributed by atoms with E-state index in [1.165, 1.54) is 38.5 Å². The molecule has 0 saturated heterocycles. The third kappa shape index (κ3) is 7.51. The van der Waals surface area contributed by atoms with Crippen molar-refractivity contribution in [1.82, 2.24) is 0 Å². The van der Waals surface area contributed by atoms with E-state index in [1.807, 2.05) is 18.2 Å². The van der Waals surface area contributed by atoms with Crippen molar-refractivity contribution in [1.29, 1.82) is 0 Å². The summed E-state index contributed by atoms with van der Waals surface area (Å²) in [6.07, 6.45) is 9.87. The number of rotatable bonds is 10. The highest BCUT2D eigenvalue weighted by molar-refractivity contribution is 7.39. The van der Waals surface area contributed by atoms with E-state index in [0.717, 1.165) is 18.4 Å². The molecule has 2 N–H and O–H groups in total. The molecule has 0 saturated carbocycles. The average Bonchev–Trinajstić information content (AvgIpc) is 2.39. The Labute approximate surface area is 117 Å². The third-order valence-electron chi connectivity index (χ3n) is 3.20. The maximum absolute atomic E-state index is 8.92. The van der Waals surface area contributed by atoms with Crippen LogP contribution < -0.4 is 4.52 Å². The molecule has 1 rings (SSSR count). The zero-order valence-electron chi connectivity index (χ0n) is 11.7. The molecular weight excluding hydrogens is 259 g/mol. The topological polar surface area (TPSA) is 49.7 Å². The van der Waals surface area contributed by atoms with Crippen LogP contribution in [0.15, 0.2) is 24.3 Å². The van der Waals surface area contributed by atoms with Crippen molar-refractivity contribution >= 4 is 8.60 Å². The Balaban J connectivity index is 2.25. The Morgan fingerprint density at radius 2 is 1.58 bits per heavy atom. The average molecular weight is 284 g/mol. The first kappa shape index (κ1) is 16.4. The largest absolute Gasteiger partial charge is 0.427 e. The van der Waals surface area contributed by atoms with E-state index in [9.17, 15) is 0 Å². The van der Waals surface area contributed by atoms with E-state index < -0.39 is 8.60 Å². The van der Waals surface area contributed by atoms with E-state index in [2.05, 4.69) is 6.92 Å². The number of benzene rings is 1. The molecular formula is C15H25O3P. The molecule has 4 heteroatoms. The lowest BCUT2D eigenvalue weighted by Gasteiger charge is -2.10. The molecule has 0 atom stereocenters. The summed E-state index contributed by atoms with van der Waals surface area (Å²) in [6, 6.07) is 7.59. The molecule has 0 fully saturated rings. The molecule has 19 heavy (non-hydrogen) atoms. The molecule has 0 unspecified atom stereocenters. The summed E-state index contributed by atoms with van der Waals surface area (Å²) in [5, 5.41) is 0. The Morgan fingerprint density at radius 3 is 2.26 bits per heavy atom. The van der Waals surface area contributed by atoms with Crippen LogP contribution in [0.5, 0.6) is 5.75 Å². The summed E-state index contributed by atoms with van der Waals surface area (Å²) >= 11 is 0. The first-order valence-electron chi connectivity index (χ1n) is 7.17. The second-order valence-electron chi connectivity index (χ2n) is 4.82. The highest BCUT2D eigenvalue weighted by atomic mass is 31.2. The van der Waals surface area contributed by atoms with Crippen molar-refractivity contribution in [3.05, 3.63) is 29.8 Å². The van der Waals surface area contributed by atoms with Gasteiger partial charge in [0.15, 0.2) is 0 Å². The lowest BCUT2D eigenvalue weighted by atomic mass is 10.0. The van der Waals surface area contributed by atoms with Gasteiger partial charge in [0.2, 0.25) is 0 Å². The van der Waals surface area contributed by atoms with Crippen LogP contribution in [0.4, 0.5) is 0 Å². The van der Waals surface area contributed by atoms with Crippen molar-refractivity contribution in [3.63, 3.8) is 0 Å². The number of hydrogen-bond donors (Lipinski definition) is 2. The molecule has 0 aliphatic carbocycles. The predicted octanol–water partition coefficient (Wildman–Crippen LogP) is 4.57. The first-order valence-corrected chi connectivity index (χ1v) is 8.34. The second kappa shape index (κ2) is 10.2. The summed E-state index contributed by atoms with van der Waals surface area (Å²) in [6.45, 7) is 2.23. The van der Waals surface area contributed by atoms with Gasteiger partial charge in [-0.05, 0) is 24.5 Å². The molecule has 0 aliphatic rings. The van der Waals surface area contributed by atoms with Crippen LogP contribution in [-0.2, 0) is 6.42 Å². The summed E-state index contributed by atoms with van der Waals surface area (Å²) < 4.78 is 5.03. The molecule has 0 bridgehead atoms. The lowest BCUT2D eigenvalue weighted by molar-refractivity contribution is 0.373. The van der Waals surface area contributed by atoms with Crippen LogP contribution in [-0.4, -0.2) is 9.79 Å². The maximum atomic E-state index is 8.92. The van der Waals surface area contributed by atoms with Gasteiger partial charge in [0.1, 0.15) is 5.75 Å². The fourth-order valence-electron chi connectivity index (χ4n) is 2.16. The molecule has 0 amide bonds. The minimum absolute atomic E-state index is 0.601. The number of para-hydroxylation sites is 1. The van der Waals surface area contributed by atoms with Gasteiger partial charge < -0.3 is 14.3 Å². The van der Waals surface area contributed by atoms with E-state index >= 15 is 0 Å². The molecule has 1 aromatic carbocycles. The quantitative estimate of drug-likeness (QED) is 0.489. The minimum atomic E-state index is -2.32. The van der Waals surface area contributed by atoms with Crippen molar-refractivity contribution in [2.75, 3.05) is 0 Å². The smallest absolute Gasteiger partial charge is 0.391 e. The van der Waals surface area contributed by atoms with E-state index in [-0.39, 0.29) is 0 Å². The normalized spacial score (nSPS) is 10.9. The minimum Gasteiger partial charge on any atom is -0.427 e. The van der Waals surface area contributed by atoms with E-state index in [1.54, 1.807) is 6.07 Å². The Hall–Kier alpha value is -0.630. The summed E-state index contributed by atoms with van der Waals surface area (Å²) in [7, 11) is -2.32. The summed E-state index contributed by atoms with van der Waals surface area (Å²) in [5.41, 5.74) is 1.06. The number of unbranched alkanes of at least 4 members (excludes halogenated alkanes) is 6. The molecule has 1 aromatic rings. The maximum Gasteiger partial charge on any atom is 0.391 e. The highest BCUT2D eigenvalue weighted by Gasteiger charge is 2.07. The van der Waals surface area contributed by atoms with Crippen LogP contribution in [0.25, 0.3) is 0 Å². The SMILES string of the molecule is CCCCCCCCCc1ccccc1OP(O)O. The Morgan fingerprint density at radius 1 is 0.947 bits per heavy atom. The van der Waals surface area contributed by atoms with Crippen molar-refractivity contribution in [2.45, 2.75) is 58.3 Å². The Bertz CT molecular complexity index is 342. The zero-order valence-corrected chi connectivity index (χ0v) is 12.6. The fraction of sp³-hybridized carbons (Fsp3) is 0.600. The Kier molecular flexibility index (Phi) is 8.81. The van der Waals surface area contributed by atoms with E-state index in [0.29, 0.717) is 5.75 Å². The molecule has 0 radical (unpaired) electrons. The zero-order chi connectivity index (χ0) is 13.9. The van der Waals surface area contributed by atoms with Crippen molar-refractivity contribution in [3.8, 4) is 5.75 Å². The van der Waals surface area contributed by atoms with Crippen LogP contribution in [0, 0.1) is 0 Å². The summed E-state index contributed by atoms with van der Waals surface area (Å²) in [5.74, 6) is 0.601. The predicted molar refractivity (Wildman–Crippen MR) is 80.1 cm³/mol. The van der Waals surface area contributed by atoms with Gasteiger partial charge in [0, 0.05) is 0 Å². The molecule has 0 spiro atoms. The van der Waals surface area contributed by atoms with Gasteiger partial charge in [-0.1, -0.05) is 63.6 Å². The summed E-state index contributed by atoms with van der Waals surface area (Å²) in [4.78, 5) is 17.8. The van der Waals surface area contributed by atoms with Crippen molar-refractivity contribution in [2.24, 2.45) is 0 Å². The van der Waals surface area contributed by atoms with Gasteiger partial charge in [-0.15, -0.1) is 0 Å².